The molecule has 0 amide bonds. The van der Waals surface area contributed by atoms with Crippen LogP contribution in [0.2, 0.25) is 0 Å². The van der Waals surface area contributed by atoms with E-state index in [4.69, 9.17) is 9.47 Å². The Hall–Kier alpha value is -2.36. The minimum absolute atomic E-state index is 0.0664. The topological polar surface area (TPSA) is 35.5 Å². The molecule has 0 bridgehead atoms. The third kappa shape index (κ3) is 3.78. The van der Waals surface area contributed by atoms with Crippen LogP contribution >= 0.6 is 0 Å². The van der Waals surface area contributed by atoms with Gasteiger partial charge in [-0.1, -0.05) is 26.8 Å². The van der Waals surface area contributed by atoms with Crippen LogP contribution in [0, 0.1) is 17.2 Å². The summed E-state index contributed by atoms with van der Waals surface area (Å²) in [6.07, 6.45) is 2.21. The maximum Gasteiger partial charge on any atom is 0.337 e. The summed E-state index contributed by atoms with van der Waals surface area (Å²) in [7, 11) is 1.38. The van der Waals surface area contributed by atoms with Gasteiger partial charge in [-0.25, -0.2) is 9.18 Å². The summed E-state index contributed by atoms with van der Waals surface area (Å²) >= 11 is 0. The molecular formula is C24H29FO3. The molecule has 1 aliphatic carbocycles. The van der Waals surface area contributed by atoms with Gasteiger partial charge in [0, 0.05) is 5.56 Å². The van der Waals surface area contributed by atoms with Gasteiger partial charge in [0.25, 0.3) is 0 Å². The van der Waals surface area contributed by atoms with Crippen LogP contribution in [0.5, 0.6) is 5.75 Å². The van der Waals surface area contributed by atoms with Gasteiger partial charge < -0.3 is 9.47 Å². The normalized spacial score (nSPS) is 20.8. The zero-order chi connectivity index (χ0) is 20.5. The molecule has 0 heterocycles. The highest BCUT2D eigenvalue weighted by Gasteiger charge is 2.42. The third-order valence-electron chi connectivity index (χ3n) is 6.00. The highest BCUT2D eigenvalue weighted by atomic mass is 19.1. The number of methoxy groups -OCH3 is 1. The Morgan fingerprint density at radius 1 is 1.18 bits per heavy atom. The first-order valence-electron chi connectivity index (χ1n) is 9.93. The highest BCUT2D eigenvalue weighted by Crippen LogP contribution is 2.54. The van der Waals surface area contributed by atoms with E-state index in [0.717, 1.165) is 24.0 Å². The van der Waals surface area contributed by atoms with Crippen LogP contribution < -0.4 is 4.74 Å². The maximum atomic E-state index is 14.8. The number of hydrogen-bond acceptors (Lipinski definition) is 3. The van der Waals surface area contributed by atoms with Crippen molar-refractivity contribution in [2.75, 3.05) is 13.7 Å². The van der Waals surface area contributed by atoms with E-state index in [1.165, 1.54) is 13.2 Å². The highest BCUT2D eigenvalue weighted by molar-refractivity contribution is 5.90. The molecule has 0 aromatic heterocycles. The largest absolute Gasteiger partial charge is 0.494 e. The summed E-state index contributed by atoms with van der Waals surface area (Å²) in [6.45, 7) is 9.17. The maximum absolute atomic E-state index is 14.8. The van der Waals surface area contributed by atoms with Crippen LogP contribution in [0.3, 0.4) is 0 Å². The van der Waals surface area contributed by atoms with E-state index in [1.54, 1.807) is 18.2 Å². The van der Waals surface area contributed by atoms with Gasteiger partial charge in [-0.15, -0.1) is 0 Å². The Kier molecular flexibility index (Phi) is 5.78. The second-order valence-electron chi connectivity index (χ2n) is 8.35. The van der Waals surface area contributed by atoms with Crippen molar-refractivity contribution in [3.63, 3.8) is 0 Å². The first kappa shape index (κ1) is 20.4. The molecule has 0 spiro atoms. The SMILES string of the molecule is CCOc1ccc(F)c(-c2ccc(C(=O)OC)cc2C2C(C)CCC2(C)C)c1. The minimum Gasteiger partial charge on any atom is -0.494 e. The first-order chi connectivity index (χ1) is 13.3. The van der Waals surface area contributed by atoms with Gasteiger partial charge in [-0.05, 0) is 78.5 Å². The van der Waals surface area contributed by atoms with Crippen LogP contribution in [-0.2, 0) is 4.74 Å². The van der Waals surface area contributed by atoms with Crippen molar-refractivity contribution in [1.82, 2.24) is 0 Å². The van der Waals surface area contributed by atoms with E-state index >= 15 is 0 Å². The second kappa shape index (κ2) is 7.94. The van der Waals surface area contributed by atoms with E-state index in [1.807, 2.05) is 19.1 Å². The number of carbonyl (C=O) groups excluding carboxylic acids is 1. The van der Waals surface area contributed by atoms with E-state index in [0.29, 0.717) is 29.4 Å². The molecule has 0 N–H and O–H groups in total. The number of rotatable bonds is 5. The fraction of sp³-hybridized carbons (Fsp3) is 0.458. The van der Waals surface area contributed by atoms with Crippen molar-refractivity contribution >= 4 is 5.97 Å². The summed E-state index contributed by atoms with van der Waals surface area (Å²) in [4.78, 5) is 12.2. The van der Waals surface area contributed by atoms with Gasteiger partial charge >= 0.3 is 5.97 Å². The molecule has 3 rings (SSSR count). The molecule has 1 aliphatic rings. The quantitative estimate of drug-likeness (QED) is 0.574. The Labute approximate surface area is 166 Å². The average molecular weight is 384 g/mol. The second-order valence-corrected chi connectivity index (χ2v) is 8.35. The average Bonchev–Trinajstić information content (AvgIpc) is 2.95. The Balaban J connectivity index is 2.22. The molecule has 2 aromatic rings. The summed E-state index contributed by atoms with van der Waals surface area (Å²) in [6, 6.07) is 10.3. The number of halogens is 1. The molecule has 3 nitrogen and oxygen atoms in total. The van der Waals surface area contributed by atoms with Crippen molar-refractivity contribution in [3.05, 3.63) is 53.3 Å². The van der Waals surface area contributed by atoms with Crippen molar-refractivity contribution in [2.24, 2.45) is 11.3 Å². The Morgan fingerprint density at radius 3 is 2.54 bits per heavy atom. The fourth-order valence-electron chi connectivity index (χ4n) is 4.70. The fourth-order valence-corrected chi connectivity index (χ4v) is 4.70. The molecule has 0 radical (unpaired) electrons. The van der Waals surface area contributed by atoms with Crippen LogP contribution in [0.4, 0.5) is 4.39 Å². The number of esters is 1. The molecule has 2 atom stereocenters. The van der Waals surface area contributed by atoms with Crippen LogP contribution in [0.25, 0.3) is 11.1 Å². The summed E-state index contributed by atoms with van der Waals surface area (Å²) in [5.74, 6) is 0.640. The Bertz CT molecular complexity index is 872. The van der Waals surface area contributed by atoms with Crippen LogP contribution in [0.15, 0.2) is 36.4 Å². The molecule has 1 fully saturated rings. The number of carbonyl (C=O) groups is 1. The molecule has 28 heavy (non-hydrogen) atoms. The number of hydrogen-bond donors (Lipinski definition) is 0. The standard InChI is InChI=1S/C24H29FO3/c1-6-28-17-8-10-21(25)19(14-17)18-9-7-16(23(26)27-5)13-20(18)22-15(2)11-12-24(22,3)4/h7-10,13-15,22H,6,11-12H2,1-5H3. The van der Waals surface area contributed by atoms with E-state index in [2.05, 4.69) is 20.8 Å². The van der Waals surface area contributed by atoms with Gasteiger partial charge in [0.05, 0.1) is 19.3 Å². The lowest BCUT2D eigenvalue weighted by molar-refractivity contribution is 0.0600. The van der Waals surface area contributed by atoms with Crippen molar-refractivity contribution in [2.45, 2.75) is 46.5 Å². The summed E-state index contributed by atoms with van der Waals surface area (Å²) in [5.41, 5.74) is 2.89. The zero-order valence-corrected chi connectivity index (χ0v) is 17.3. The van der Waals surface area contributed by atoms with Crippen LogP contribution in [0.1, 0.15) is 62.4 Å². The number of benzene rings is 2. The molecule has 2 aromatic carbocycles. The van der Waals surface area contributed by atoms with E-state index in [-0.39, 0.29) is 23.1 Å². The lowest BCUT2D eigenvalue weighted by Crippen LogP contribution is -2.20. The van der Waals surface area contributed by atoms with E-state index in [9.17, 15) is 9.18 Å². The molecule has 150 valence electrons. The molecule has 2 unspecified atom stereocenters. The molecule has 4 heteroatoms. The van der Waals surface area contributed by atoms with Crippen molar-refractivity contribution in [1.29, 1.82) is 0 Å². The van der Waals surface area contributed by atoms with Gasteiger partial charge in [-0.3, -0.25) is 0 Å². The van der Waals surface area contributed by atoms with E-state index < -0.39 is 0 Å². The van der Waals surface area contributed by atoms with Gasteiger partial charge in [0.1, 0.15) is 11.6 Å². The van der Waals surface area contributed by atoms with Crippen LogP contribution in [-0.4, -0.2) is 19.7 Å². The summed E-state index contributed by atoms with van der Waals surface area (Å²) in [5, 5.41) is 0. The van der Waals surface area contributed by atoms with Crippen molar-refractivity contribution in [3.8, 4) is 16.9 Å². The third-order valence-corrected chi connectivity index (χ3v) is 6.00. The minimum atomic E-state index is -0.375. The number of ether oxygens (including phenoxy) is 2. The monoisotopic (exact) mass is 384 g/mol. The van der Waals surface area contributed by atoms with Gasteiger partial charge in [0.2, 0.25) is 0 Å². The van der Waals surface area contributed by atoms with Gasteiger partial charge in [0.15, 0.2) is 0 Å². The molecule has 1 saturated carbocycles. The Morgan fingerprint density at radius 2 is 1.93 bits per heavy atom. The molecule has 0 aliphatic heterocycles. The molecule has 0 saturated heterocycles. The summed E-state index contributed by atoms with van der Waals surface area (Å²) < 4.78 is 25.3. The predicted molar refractivity (Wildman–Crippen MR) is 109 cm³/mol. The first-order valence-corrected chi connectivity index (χ1v) is 9.93. The predicted octanol–water partition coefficient (Wildman–Crippen LogP) is 6.22. The van der Waals surface area contributed by atoms with Gasteiger partial charge in [-0.2, -0.15) is 0 Å². The van der Waals surface area contributed by atoms with Crippen molar-refractivity contribution < 1.29 is 18.7 Å². The zero-order valence-electron chi connectivity index (χ0n) is 17.3. The lowest BCUT2D eigenvalue weighted by Gasteiger charge is -2.32. The smallest absolute Gasteiger partial charge is 0.337 e. The molecular weight excluding hydrogens is 355 g/mol. The lowest BCUT2D eigenvalue weighted by atomic mass is 9.72.